The Morgan fingerprint density at radius 2 is 2.17 bits per heavy atom. The van der Waals surface area contributed by atoms with Gasteiger partial charge < -0.3 is 15.4 Å². The van der Waals surface area contributed by atoms with Crippen LogP contribution in [-0.2, 0) is 0 Å². The van der Waals surface area contributed by atoms with Gasteiger partial charge in [-0.15, -0.1) is 0 Å². The highest BCUT2D eigenvalue weighted by Gasteiger charge is 2.06. The summed E-state index contributed by atoms with van der Waals surface area (Å²) in [6.07, 6.45) is 0. The van der Waals surface area contributed by atoms with E-state index in [4.69, 9.17) is 21.6 Å². The number of carbonyl (C=O) groups is 1. The Kier molecular flexibility index (Phi) is 5.78. The molecule has 23 heavy (non-hydrogen) atoms. The van der Waals surface area contributed by atoms with Crippen LogP contribution in [0.4, 0.5) is 5.82 Å². The van der Waals surface area contributed by atoms with Gasteiger partial charge in [0.2, 0.25) is 0 Å². The number of hydrogen-bond donors (Lipinski definition) is 2. The van der Waals surface area contributed by atoms with E-state index in [-0.39, 0.29) is 11.6 Å². The van der Waals surface area contributed by atoms with Gasteiger partial charge in [-0.2, -0.15) is 5.26 Å². The van der Waals surface area contributed by atoms with Crippen molar-refractivity contribution in [3.05, 3.63) is 52.7 Å². The van der Waals surface area contributed by atoms with E-state index in [1.807, 2.05) is 6.07 Å². The van der Waals surface area contributed by atoms with Gasteiger partial charge >= 0.3 is 0 Å². The number of pyridine rings is 1. The molecule has 0 saturated carbocycles. The minimum Gasteiger partial charge on any atom is -0.497 e. The van der Waals surface area contributed by atoms with E-state index in [0.29, 0.717) is 35.2 Å². The normalized spacial score (nSPS) is 9.78. The molecule has 2 aromatic rings. The fourth-order valence-electron chi connectivity index (χ4n) is 1.85. The van der Waals surface area contributed by atoms with Crippen molar-refractivity contribution in [2.45, 2.75) is 0 Å². The minimum absolute atomic E-state index is 0.164. The minimum atomic E-state index is -0.188. The van der Waals surface area contributed by atoms with Crippen LogP contribution in [0.1, 0.15) is 16.1 Å². The van der Waals surface area contributed by atoms with Gasteiger partial charge in [-0.25, -0.2) is 4.98 Å². The van der Waals surface area contributed by atoms with Gasteiger partial charge in [0.25, 0.3) is 5.91 Å². The number of benzene rings is 1. The lowest BCUT2D eigenvalue weighted by Gasteiger charge is -2.08. The zero-order valence-corrected chi connectivity index (χ0v) is 13.2. The number of nitrogens with one attached hydrogen (secondary N) is 2. The first-order chi connectivity index (χ1) is 11.1. The molecule has 6 nitrogen and oxygen atoms in total. The summed E-state index contributed by atoms with van der Waals surface area (Å²) >= 11 is 5.81. The molecule has 0 unspecified atom stereocenters. The van der Waals surface area contributed by atoms with E-state index in [1.165, 1.54) is 0 Å². The van der Waals surface area contributed by atoms with Gasteiger partial charge in [-0.3, -0.25) is 4.79 Å². The molecule has 0 spiro atoms. The molecular formula is C16H15ClN4O2. The Hall–Kier alpha value is -2.78. The third-order valence-electron chi connectivity index (χ3n) is 3.00. The van der Waals surface area contributed by atoms with Crippen LogP contribution in [0.15, 0.2) is 36.4 Å². The van der Waals surface area contributed by atoms with E-state index in [0.717, 1.165) is 0 Å². The average Bonchev–Trinajstić information content (AvgIpc) is 2.59. The molecule has 0 saturated heterocycles. The van der Waals surface area contributed by atoms with Gasteiger partial charge in [-0.05, 0) is 30.3 Å². The lowest BCUT2D eigenvalue weighted by Crippen LogP contribution is -2.28. The van der Waals surface area contributed by atoms with Crippen LogP contribution in [0, 0.1) is 11.3 Å². The molecule has 1 aromatic heterocycles. The number of aromatic nitrogens is 1. The molecule has 0 fully saturated rings. The summed E-state index contributed by atoms with van der Waals surface area (Å²) in [7, 11) is 1.55. The monoisotopic (exact) mass is 330 g/mol. The Labute approximate surface area is 139 Å². The lowest BCUT2D eigenvalue weighted by atomic mass is 10.2. The third kappa shape index (κ3) is 4.59. The summed E-state index contributed by atoms with van der Waals surface area (Å²) in [6.45, 7) is 0.872. The maximum Gasteiger partial charge on any atom is 0.251 e. The average molecular weight is 331 g/mol. The number of carbonyl (C=O) groups excluding carboxylic acids is 1. The molecule has 118 valence electrons. The second kappa shape index (κ2) is 8.01. The van der Waals surface area contributed by atoms with E-state index >= 15 is 0 Å². The van der Waals surface area contributed by atoms with Gasteiger partial charge in [-0.1, -0.05) is 17.7 Å². The first-order valence-corrected chi connectivity index (χ1v) is 7.24. The van der Waals surface area contributed by atoms with Gasteiger partial charge in [0.05, 0.1) is 12.1 Å². The zero-order valence-electron chi connectivity index (χ0n) is 12.5. The number of nitrogens with zero attached hydrogens (tertiary/aromatic N) is 2. The predicted octanol–water partition coefficient (Wildman–Crippen LogP) is 2.46. The van der Waals surface area contributed by atoms with Gasteiger partial charge in [0.1, 0.15) is 17.6 Å². The van der Waals surface area contributed by atoms with Crippen LogP contribution >= 0.6 is 11.6 Å². The van der Waals surface area contributed by atoms with Crippen LogP contribution in [0.2, 0.25) is 5.02 Å². The summed E-state index contributed by atoms with van der Waals surface area (Å²) < 4.78 is 5.08. The highest BCUT2D eigenvalue weighted by molar-refractivity contribution is 6.31. The number of rotatable bonds is 6. The quantitative estimate of drug-likeness (QED) is 0.794. The number of anilines is 1. The highest BCUT2D eigenvalue weighted by Crippen LogP contribution is 2.15. The largest absolute Gasteiger partial charge is 0.497 e. The molecule has 0 bridgehead atoms. The number of amides is 1. The van der Waals surface area contributed by atoms with Crippen LogP contribution in [0.5, 0.6) is 5.75 Å². The molecule has 0 atom stereocenters. The molecule has 0 radical (unpaired) electrons. The fraction of sp³-hybridized carbons (Fsp3) is 0.188. The predicted molar refractivity (Wildman–Crippen MR) is 87.8 cm³/mol. The van der Waals surface area contributed by atoms with E-state index in [9.17, 15) is 4.79 Å². The van der Waals surface area contributed by atoms with Crippen molar-refractivity contribution < 1.29 is 9.53 Å². The zero-order chi connectivity index (χ0) is 16.7. The molecule has 7 heteroatoms. The van der Waals surface area contributed by atoms with Crippen molar-refractivity contribution in [2.24, 2.45) is 0 Å². The summed E-state index contributed by atoms with van der Waals surface area (Å²) in [5.41, 5.74) is 0.692. The van der Waals surface area contributed by atoms with Crippen LogP contribution in [0.3, 0.4) is 0 Å². The van der Waals surface area contributed by atoms with Crippen LogP contribution in [0.25, 0.3) is 0 Å². The van der Waals surface area contributed by atoms with E-state index in [2.05, 4.69) is 15.6 Å². The highest BCUT2D eigenvalue weighted by atomic mass is 35.5. The van der Waals surface area contributed by atoms with Crippen LogP contribution < -0.4 is 15.4 Å². The van der Waals surface area contributed by atoms with Crippen molar-refractivity contribution in [1.82, 2.24) is 10.3 Å². The summed E-state index contributed by atoms with van der Waals surface area (Å²) in [4.78, 5) is 16.1. The Morgan fingerprint density at radius 1 is 1.35 bits per heavy atom. The smallest absolute Gasteiger partial charge is 0.251 e. The standard InChI is InChI=1S/C16H15ClN4O2/c1-23-12-4-2-3-11(9-12)16(22)20-8-7-19-15-6-5-13(17)14(10-18)21-15/h2-6,9H,7-8H2,1H3,(H,19,21)(H,20,22). The third-order valence-corrected chi connectivity index (χ3v) is 3.31. The molecule has 1 amide bonds. The molecule has 2 N–H and O–H groups in total. The van der Waals surface area contributed by atoms with Crippen molar-refractivity contribution in [3.8, 4) is 11.8 Å². The number of hydrogen-bond acceptors (Lipinski definition) is 5. The molecule has 2 rings (SSSR count). The lowest BCUT2D eigenvalue weighted by molar-refractivity contribution is 0.0955. The summed E-state index contributed by atoms with van der Waals surface area (Å²) in [5, 5.41) is 15.0. The molecule has 1 aromatic carbocycles. The second-order valence-electron chi connectivity index (χ2n) is 4.55. The van der Waals surface area contributed by atoms with Crippen molar-refractivity contribution in [1.29, 1.82) is 5.26 Å². The number of nitriles is 1. The number of halogens is 1. The van der Waals surface area contributed by atoms with Crippen molar-refractivity contribution >= 4 is 23.3 Å². The topological polar surface area (TPSA) is 87.0 Å². The molecule has 1 heterocycles. The Morgan fingerprint density at radius 3 is 2.91 bits per heavy atom. The first-order valence-electron chi connectivity index (χ1n) is 6.87. The molecule has 0 aliphatic carbocycles. The molecular weight excluding hydrogens is 316 g/mol. The second-order valence-corrected chi connectivity index (χ2v) is 4.96. The maximum atomic E-state index is 12.0. The van der Waals surface area contributed by atoms with Gasteiger partial charge in [0.15, 0.2) is 5.69 Å². The maximum absolute atomic E-state index is 12.0. The fourth-order valence-corrected chi connectivity index (χ4v) is 2.00. The number of ether oxygens (including phenoxy) is 1. The Bertz CT molecular complexity index is 743. The first kappa shape index (κ1) is 16.6. The summed E-state index contributed by atoms with van der Waals surface area (Å²) in [6, 6.07) is 12.1. The SMILES string of the molecule is COc1cccc(C(=O)NCCNc2ccc(Cl)c(C#N)n2)c1. The van der Waals surface area contributed by atoms with E-state index < -0.39 is 0 Å². The van der Waals surface area contributed by atoms with Gasteiger partial charge in [0, 0.05) is 18.7 Å². The van der Waals surface area contributed by atoms with Crippen molar-refractivity contribution in [3.63, 3.8) is 0 Å². The molecule has 0 aliphatic heterocycles. The summed E-state index contributed by atoms with van der Waals surface area (Å²) in [5.74, 6) is 0.972. The molecule has 0 aliphatic rings. The van der Waals surface area contributed by atoms with E-state index in [1.54, 1.807) is 43.5 Å². The van der Waals surface area contributed by atoms with Crippen LogP contribution in [-0.4, -0.2) is 31.1 Å². The number of methoxy groups -OCH3 is 1. The Balaban J connectivity index is 1.83. The van der Waals surface area contributed by atoms with Crippen molar-refractivity contribution in [2.75, 3.05) is 25.5 Å².